The van der Waals surface area contributed by atoms with Gasteiger partial charge in [0.05, 0.1) is 5.69 Å². The van der Waals surface area contributed by atoms with E-state index in [2.05, 4.69) is 26.4 Å². The summed E-state index contributed by atoms with van der Waals surface area (Å²) in [6, 6.07) is 11.2. The summed E-state index contributed by atoms with van der Waals surface area (Å²) in [4.78, 5) is 24.1. The van der Waals surface area contributed by atoms with Crippen LogP contribution in [0.4, 0.5) is 10.6 Å². The molecule has 26 heavy (non-hydrogen) atoms. The van der Waals surface area contributed by atoms with Crippen LogP contribution in [0.3, 0.4) is 0 Å². The van der Waals surface area contributed by atoms with Crippen LogP contribution in [0.25, 0.3) is 11.3 Å². The van der Waals surface area contributed by atoms with Crippen molar-refractivity contribution in [2.24, 2.45) is 0 Å². The first kappa shape index (κ1) is 17.9. The van der Waals surface area contributed by atoms with E-state index >= 15 is 0 Å². The maximum atomic E-state index is 12.2. The molecule has 2 heterocycles. The summed E-state index contributed by atoms with van der Waals surface area (Å²) in [7, 11) is 0. The third kappa shape index (κ3) is 4.20. The molecule has 0 aliphatic carbocycles. The predicted molar refractivity (Wildman–Crippen MR) is 99.3 cm³/mol. The zero-order valence-corrected chi connectivity index (χ0v) is 15.1. The number of hydrogen-bond acceptors (Lipinski definition) is 4. The first-order valence-corrected chi connectivity index (χ1v) is 8.70. The zero-order chi connectivity index (χ0) is 18.7. The topological polar surface area (TPSA) is 100 Å². The molecular weight excluding hydrogens is 332 g/mol. The molecule has 8 heteroatoms. The van der Waals surface area contributed by atoms with Gasteiger partial charge in [-0.3, -0.25) is 15.4 Å². The minimum absolute atomic E-state index is 0.00694. The summed E-state index contributed by atoms with van der Waals surface area (Å²) in [5, 5.41) is 16.3. The molecule has 138 valence electrons. The predicted octanol–water partition coefficient (Wildman–Crippen LogP) is 2.03. The monoisotopic (exact) mass is 356 g/mol. The number of rotatable bonds is 4. The van der Waals surface area contributed by atoms with Crippen LogP contribution in [0.2, 0.25) is 0 Å². The van der Waals surface area contributed by atoms with Gasteiger partial charge >= 0.3 is 6.03 Å². The SMILES string of the molecule is CC(C)NC(=O)Nc1cc(-c2ccccc2)nn1C1NC(=O)CC(C)N1. The van der Waals surface area contributed by atoms with Crippen LogP contribution in [-0.4, -0.2) is 33.8 Å². The number of aromatic nitrogens is 2. The van der Waals surface area contributed by atoms with Crippen LogP contribution in [0.1, 0.15) is 33.5 Å². The van der Waals surface area contributed by atoms with Crippen LogP contribution >= 0.6 is 0 Å². The van der Waals surface area contributed by atoms with Gasteiger partial charge in [-0.05, 0) is 20.8 Å². The van der Waals surface area contributed by atoms with E-state index in [1.54, 1.807) is 10.7 Å². The molecule has 1 aromatic heterocycles. The molecule has 3 rings (SSSR count). The molecule has 1 aromatic carbocycles. The Morgan fingerprint density at radius 2 is 2.04 bits per heavy atom. The summed E-state index contributed by atoms with van der Waals surface area (Å²) in [5.74, 6) is 0.435. The Morgan fingerprint density at radius 1 is 1.31 bits per heavy atom. The van der Waals surface area contributed by atoms with Crippen LogP contribution in [0, 0.1) is 0 Å². The van der Waals surface area contributed by atoms with Gasteiger partial charge < -0.3 is 10.6 Å². The lowest BCUT2D eigenvalue weighted by molar-refractivity contribution is -0.125. The second-order valence-corrected chi connectivity index (χ2v) is 6.72. The van der Waals surface area contributed by atoms with Gasteiger partial charge in [-0.2, -0.15) is 5.10 Å². The van der Waals surface area contributed by atoms with Gasteiger partial charge in [-0.15, -0.1) is 0 Å². The van der Waals surface area contributed by atoms with Gasteiger partial charge in [0.15, 0.2) is 6.29 Å². The Bertz CT molecular complexity index is 786. The molecule has 0 spiro atoms. The summed E-state index contributed by atoms with van der Waals surface area (Å²) < 4.78 is 1.59. The van der Waals surface area contributed by atoms with Gasteiger partial charge in [0.25, 0.3) is 0 Å². The van der Waals surface area contributed by atoms with Crippen molar-refractivity contribution in [3.05, 3.63) is 36.4 Å². The molecule has 4 N–H and O–H groups in total. The Hall–Kier alpha value is -2.87. The second kappa shape index (κ2) is 7.57. The number of anilines is 1. The lowest BCUT2D eigenvalue weighted by atomic mass is 10.2. The lowest BCUT2D eigenvalue weighted by Gasteiger charge is -2.30. The Morgan fingerprint density at radius 3 is 2.69 bits per heavy atom. The quantitative estimate of drug-likeness (QED) is 0.673. The summed E-state index contributed by atoms with van der Waals surface area (Å²) in [6.45, 7) is 5.71. The highest BCUT2D eigenvalue weighted by Crippen LogP contribution is 2.24. The molecule has 2 atom stereocenters. The van der Waals surface area contributed by atoms with Crippen molar-refractivity contribution in [2.45, 2.75) is 45.6 Å². The van der Waals surface area contributed by atoms with Crippen molar-refractivity contribution in [3.63, 3.8) is 0 Å². The Labute approximate surface area is 152 Å². The second-order valence-electron chi connectivity index (χ2n) is 6.72. The first-order chi connectivity index (χ1) is 12.4. The number of benzene rings is 1. The highest BCUT2D eigenvalue weighted by Gasteiger charge is 2.27. The van der Waals surface area contributed by atoms with Crippen molar-refractivity contribution < 1.29 is 9.59 Å². The number of amides is 3. The van der Waals surface area contributed by atoms with E-state index in [0.717, 1.165) is 5.56 Å². The average molecular weight is 356 g/mol. The molecule has 0 radical (unpaired) electrons. The molecule has 1 saturated heterocycles. The summed E-state index contributed by atoms with van der Waals surface area (Å²) >= 11 is 0. The third-order valence-corrected chi connectivity index (χ3v) is 3.94. The summed E-state index contributed by atoms with van der Waals surface area (Å²) in [5.41, 5.74) is 1.63. The molecular formula is C18H24N6O2. The molecule has 1 fully saturated rings. The molecule has 2 unspecified atom stereocenters. The smallest absolute Gasteiger partial charge is 0.320 e. The minimum atomic E-state index is -0.530. The maximum Gasteiger partial charge on any atom is 0.320 e. The number of nitrogens with one attached hydrogen (secondary N) is 4. The standard InChI is InChI=1S/C18H24N6O2/c1-11(2)19-18(26)21-15-10-14(13-7-5-4-6-8-13)23-24(15)17-20-12(3)9-16(25)22-17/h4-8,10-12,17,20H,9H2,1-3H3,(H,22,25)(H2,19,21,26). The van der Waals surface area contributed by atoms with Crippen molar-refractivity contribution in [1.29, 1.82) is 0 Å². The van der Waals surface area contributed by atoms with Crippen molar-refractivity contribution in [2.75, 3.05) is 5.32 Å². The number of urea groups is 1. The van der Waals surface area contributed by atoms with Gasteiger partial charge in [0.1, 0.15) is 5.82 Å². The van der Waals surface area contributed by atoms with Crippen LogP contribution in [-0.2, 0) is 4.79 Å². The molecule has 2 aromatic rings. The van der Waals surface area contributed by atoms with E-state index in [4.69, 9.17) is 0 Å². The maximum absolute atomic E-state index is 12.2. The molecule has 3 amide bonds. The minimum Gasteiger partial charge on any atom is -0.336 e. The number of carbonyl (C=O) groups is 2. The molecule has 0 saturated carbocycles. The van der Waals surface area contributed by atoms with E-state index in [1.807, 2.05) is 51.1 Å². The van der Waals surface area contributed by atoms with E-state index < -0.39 is 6.29 Å². The molecule has 8 nitrogen and oxygen atoms in total. The van der Waals surface area contributed by atoms with Gasteiger partial charge in [0.2, 0.25) is 5.91 Å². The van der Waals surface area contributed by atoms with Gasteiger partial charge in [0, 0.05) is 30.1 Å². The van der Waals surface area contributed by atoms with E-state index in [1.165, 1.54) is 0 Å². The van der Waals surface area contributed by atoms with Crippen LogP contribution in [0.5, 0.6) is 0 Å². The van der Waals surface area contributed by atoms with Crippen LogP contribution in [0.15, 0.2) is 36.4 Å². The van der Waals surface area contributed by atoms with E-state index in [9.17, 15) is 9.59 Å². The first-order valence-electron chi connectivity index (χ1n) is 8.70. The van der Waals surface area contributed by atoms with Crippen molar-refractivity contribution in [3.8, 4) is 11.3 Å². The van der Waals surface area contributed by atoms with E-state index in [-0.39, 0.29) is 24.0 Å². The van der Waals surface area contributed by atoms with Crippen molar-refractivity contribution >= 4 is 17.8 Å². The fourth-order valence-electron chi connectivity index (χ4n) is 2.84. The lowest BCUT2D eigenvalue weighted by Crippen LogP contribution is -2.52. The van der Waals surface area contributed by atoms with Crippen LogP contribution < -0.4 is 21.3 Å². The largest absolute Gasteiger partial charge is 0.336 e. The molecule has 1 aliphatic rings. The van der Waals surface area contributed by atoms with Gasteiger partial charge in [-0.1, -0.05) is 30.3 Å². The Kier molecular flexibility index (Phi) is 5.22. The highest BCUT2D eigenvalue weighted by molar-refractivity contribution is 5.89. The molecule has 1 aliphatic heterocycles. The van der Waals surface area contributed by atoms with Gasteiger partial charge in [-0.25, -0.2) is 9.48 Å². The number of hydrogen-bond donors (Lipinski definition) is 4. The normalized spacial score (nSPS) is 19.9. The number of carbonyl (C=O) groups excluding carboxylic acids is 2. The van der Waals surface area contributed by atoms with E-state index in [0.29, 0.717) is 17.9 Å². The summed E-state index contributed by atoms with van der Waals surface area (Å²) in [6.07, 6.45) is -0.127. The highest BCUT2D eigenvalue weighted by atomic mass is 16.2. The third-order valence-electron chi connectivity index (χ3n) is 3.94. The number of nitrogens with zero attached hydrogens (tertiary/aromatic N) is 2. The van der Waals surface area contributed by atoms with Crippen molar-refractivity contribution in [1.82, 2.24) is 25.7 Å². The fraction of sp³-hybridized carbons (Fsp3) is 0.389. The fourth-order valence-corrected chi connectivity index (χ4v) is 2.84. The zero-order valence-electron chi connectivity index (χ0n) is 15.1. The average Bonchev–Trinajstić information content (AvgIpc) is 2.97. The molecule has 0 bridgehead atoms. The Balaban J connectivity index is 1.93.